The zero-order valence-corrected chi connectivity index (χ0v) is 13.5. The lowest BCUT2D eigenvalue weighted by atomic mass is 9.82. The van der Waals surface area contributed by atoms with E-state index in [2.05, 4.69) is 30.2 Å². The summed E-state index contributed by atoms with van der Waals surface area (Å²) in [7, 11) is 2.17. The van der Waals surface area contributed by atoms with E-state index in [1.54, 1.807) is 0 Å². The second-order valence-electron chi connectivity index (χ2n) is 6.66. The Bertz CT molecular complexity index is 766. The van der Waals surface area contributed by atoms with Crippen molar-refractivity contribution in [3.63, 3.8) is 0 Å². The molecule has 0 saturated carbocycles. The number of benzene rings is 1. The van der Waals surface area contributed by atoms with Crippen molar-refractivity contribution in [3.8, 4) is 5.75 Å². The van der Waals surface area contributed by atoms with E-state index in [-0.39, 0.29) is 13.3 Å². The molecule has 0 saturated heterocycles. The molecular weight excluding hydrogens is 296 g/mol. The molecule has 0 radical (unpaired) electrons. The van der Waals surface area contributed by atoms with Crippen LogP contribution in [0, 0.1) is 0 Å². The van der Waals surface area contributed by atoms with Crippen molar-refractivity contribution in [1.82, 2.24) is 9.88 Å². The molecule has 1 unspecified atom stereocenters. The standard InChI is InChI=1S/C20H22N2O.CH4/c1-22-11-8-14(9-12-22)19-18-7-6-17(23)13-16(18)5-4-15-3-2-10-21-20(15)19;/h2-3,6-8,10,13,19,23H,4-5,9,11-12H2,1H3;1H4. The zero-order valence-electron chi connectivity index (χ0n) is 13.5. The van der Waals surface area contributed by atoms with Crippen molar-refractivity contribution in [2.24, 2.45) is 0 Å². The fraction of sp³-hybridized carbons (Fsp3) is 0.381. The first-order chi connectivity index (χ1) is 11.2. The van der Waals surface area contributed by atoms with Crippen LogP contribution >= 0.6 is 0 Å². The van der Waals surface area contributed by atoms with Crippen LogP contribution in [0.3, 0.4) is 0 Å². The van der Waals surface area contributed by atoms with Gasteiger partial charge in [-0.15, -0.1) is 0 Å². The number of rotatable bonds is 1. The molecule has 2 aliphatic rings. The number of aryl methyl sites for hydroxylation is 2. The summed E-state index contributed by atoms with van der Waals surface area (Å²) in [6.45, 7) is 2.10. The van der Waals surface area contributed by atoms with Gasteiger partial charge in [0.1, 0.15) is 5.75 Å². The number of likely N-dealkylation sites (N-methyl/N-ethyl adjacent to an activating group) is 1. The predicted octanol–water partition coefficient (Wildman–Crippen LogP) is 3.92. The monoisotopic (exact) mass is 322 g/mol. The van der Waals surface area contributed by atoms with Crippen LogP contribution in [0.5, 0.6) is 5.75 Å². The Labute approximate surface area is 144 Å². The SMILES string of the molecule is C.CN1CC=C(C2c3ccc(O)cc3CCc3cccnc32)CC1. The second kappa shape index (κ2) is 6.78. The van der Waals surface area contributed by atoms with E-state index in [0.717, 1.165) is 32.4 Å². The molecule has 2 heterocycles. The van der Waals surface area contributed by atoms with Crippen molar-refractivity contribution in [2.75, 3.05) is 20.1 Å². The van der Waals surface area contributed by atoms with Crippen molar-refractivity contribution >= 4 is 0 Å². The largest absolute Gasteiger partial charge is 0.508 e. The molecule has 1 aromatic heterocycles. The maximum atomic E-state index is 9.89. The summed E-state index contributed by atoms with van der Waals surface area (Å²) in [4.78, 5) is 7.10. The highest BCUT2D eigenvalue weighted by Crippen LogP contribution is 2.40. The van der Waals surface area contributed by atoms with E-state index in [9.17, 15) is 5.11 Å². The Morgan fingerprint density at radius 2 is 1.96 bits per heavy atom. The van der Waals surface area contributed by atoms with Gasteiger partial charge in [0.25, 0.3) is 0 Å². The Balaban J connectivity index is 0.00000169. The van der Waals surface area contributed by atoms with E-state index in [4.69, 9.17) is 4.98 Å². The van der Waals surface area contributed by atoms with Gasteiger partial charge in [0.2, 0.25) is 0 Å². The van der Waals surface area contributed by atoms with Crippen LogP contribution in [-0.2, 0) is 12.8 Å². The first kappa shape index (κ1) is 16.7. The molecule has 126 valence electrons. The van der Waals surface area contributed by atoms with E-state index < -0.39 is 0 Å². The average molecular weight is 322 g/mol. The molecule has 2 aromatic rings. The number of fused-ring (bicyclic) bond motifs is 2. The molecule has 0 bridgehead atoms. The second-order valence-corrected chi connectivity index (χ2v) is 6.66. The minimum atomic E-state index is 0. The quantitative estimate of drug-likeness (QED) is 0.809. The Hall–Kier alpha value is -2.13. The lowest BCUT2D eigenvalue weighted by molar-refractivity contribution is 0.355. The van der Waals surface area contributed by atoms with Crippen molar-refractivity contribution < 1.29 is 5.11 Å². The molecule has 1 aliphatic carbocycles. The normalized spacial score (nSPS) is 20.2. The van der Waals surface area contributed by atoms with E-state index >= 15 is 0 Å². The van der Waals surface area contributed by atoms with Crippen LogP contribution in [0.1, 0.15) is 42.1 Å². The highest BCUT2D eigenvalue weighted by atomic mass is 16.3. The number of hydrogen-bond acceptors (Lipinski definition) is 3. The summed E-state index contributed by atoms with van der Waals surface area (Å²) in [5.74, 6) is 0.594. The molecule has 1 aliphatic heterocycles. The lowest BCUT2D eigenvalue weighted by Gasteiger charge is -2.28. The van der Waals surface area contributed by atoms with Gasteiger partial charge in [-0.1, -0.05) is 31.2 Å². The van der Waals surface area contributed by atoms with Gasteiger partial charge in [0.15, 0.2) is 0 Å². The van der Waals surface area contributed by atoms with Crippen LogP contribution in [0.4, 0.5) is 0 Å². The van der Waals surface area contributed by atoms with Crippen molar-refractivity contribution in [1.29, 1.82) is 0 Å². The minimum Gasteiger partial charge on any atom is -0.508 e. The fourth-order valence-corrected chi connectivity index (χ4v) is 3.85. The van der Waals surface area contributed by atoms with Crippen LogP contribution in [0.25, 0.3) is 0 Å². The minimum absolute atomic E-state index is 0. The molecule has 1 N–H and O–H groups in total. The van der Waals surface area contributed by atoms with Gasteiger partial charge in [-0.05, 0) is 61.2 Å². The summed E-state index contributed by atoms with van der Waals surface area (Å²) >= 11 is 0. The number of phenols is 1. The number of aromatic nitrogens is 1. The van der Waals surface area contributed by atoms with Gasteiger partial charge in [0.05, 0.1) is 5.69 Å². The molecule has 1 atom stereocenters. The van der Waals surface area contributed by atoms with Gasteiger partial charge < -0.3 is 10.0 Å². The first-order valence-corrected chi connectivity index (χ1v) is 8.35. The molecule has 3 nitrogen and oxygen atoms in total. The van der Waals surface area contributed by atoms with Gasteiger partial charge in [-0.3, -0.25) is 4.98 Å². The molecular formula is C21H26N2O. The highest BCUT2D eigenvalue weighted by Gasteiger charge is 2.28. The van der Waals surface area contributed by atoms with Crippen LogP contribution in [-0.4, -0.2) is 35.1 Å². The van der Waals surface area contributed by atoms with Crippen molar-refractivity contribution in [2.45, 2.75) is 32.6 Å². The Kier molecular flexibility index (Phi) is 4.72. The Morgan fingerprint density at radius 1 is 1.12 bits per heavy atom. The van der Waals surface area contributed by atoms with Gasteiger partial charge in [-0.25, -0.2) is 0 Å². The summed E-state index contributed by atoms with van der Waals surface area (Å²) in [5, 5.41) is 9.89. The third-order valence-electron chi connectivity index (χ3n) is 5.12. The van der Waals surface area contributed by atoms with Gasteiger partial charge in [0, 0.05) is 25.2 Å². The maximum absolute atomic E-state index is 9.89. The molecule has 0 amide bonds. The third kappa shape index (κ3) is 2.96. The molecule has 24 heavy (non-hydrogen) atoms. The molecule has 4 rings (SSSR count). The number of phenolic OH excluding ortho intramolecular Hbond substituents is 1. The molecule has 0 fully saturated rings. The fourth-order valence-electron chi connectivity index (χ4n) is 3.85. The predicted molar refractivity (Wildman–Crippen MR) is 98.5 cm³/mol. The van der Waals surface area contributed by atoms with Crippen molar-refractivity contribution in [3.05, 3.63) is 70.6 Å². The van der Waals surface area contributed by atoms with E-state index in [0.29, 0.717) is 5.75 Å². The Morgan fingerprint density at radius 3 is 2.75 bits per heavy atom. The smallest absolute Gasteiger partial charge is 0.115 e. The average Bonchev–Trinajstić information content (AvgIpc) is 2.72. The van der Waals surface area contributed by atoms with E-state index in [1.807, 2.05) is 24.4 Å². The van der Waals surface area contributed by atoms with Crippen LogP contribution < -0.4 is 0 Å². The first-order valence-electron chi connectivity index (χ1n) is 8.35. The number of pyridine rings is 1. The van der Waals surface area contributed by atoms with Crippen LogP contribution in [0.15, 0.2) is 48.2 Å². The topological polar surface area (TPSA) is 36.4 Å². The number of hydrogen-bond donors (Lipinski definition) is 1. The van der Waals surface area contributed by atoms with E-state index in [1.165, 1.54) is 28.0 Å². The molecule has 3 heteroatoms. The molecule has 1 aromatic carbocycles. The highest BCUT2D eigenvalue weighted by molar-refractivity contribution is 5.50. The summed E-state index contributed by atoms with van der Waals surface area (Å²) < 4.78 is 0. The summed E-state index contributed by atoms with van der Waals surface area (Å²) in [5.41, 5.74) is 6.58. The number of aromatic hydroxyl groups is 1. The van der Waals surface area contributed by atoms with Gasteiger partial charge >= 0.3 is 0 Å². The number of nitrogens with zero attached hydrogens (tertiary/aromatic N) is 2. The zero-order chi connectivity index (χ0) is 15.8. The lowest BCUT2D eigenvalue weighted by Crippen LogP contribution is -2.26. The van der Waals surface area contributed by atoms with Crippen LogP contribution in [0.2, 0.25) is 0 Å². The van der Waals surface area contributed by atoms with Gasteiger partial charge in [-0.2, -0.15) is 0 Å². The third-order valence-corrected chi connectivity index (χ3v) is 5.12. The maximum Gasteiger partial charge on any atom is 0.115 e. The molecule has 0 spiro atoms. The summed E-state index contributed by atoms with van der Waals surface area (Å²) in [6.07, 6.45) is 7.31. The summed E-state index contributed by atoms with van der Waals surface area (Å²) in [6, 6.07) is 10.1.